The molecule has 1 aromatic heterocycles. The van der Waals surface area contributed by atoms with E-state index >= 15 is 0 Å². The summed E-state index contributed by atoms with van der Waals surface area (Å²) >= 11 is 1.37. The van der Waals surface area contributed by atoms with Gasteiger partial charge >= 0.3 is 6.18 Å². The molecule has 2 N–H and O–H groups in total. The smallest absolute Gasteiger partial charge is 0.419 e. The number of hydrogen-bond donors (Lipinski definition) is 2. The monoisotopic (exact) mass is 521 g/mol. The zero-order valence-electron chi connectivity index (χ0n) is 19.4. The summed E-state index contributed by atoms with van der Waals surface area (Å²) in [4.78, 5) is 31.2. The number of carbonyl (C=O) groups excluding carboxylic acids is 2. The lowest BCUT2D eigenvalue weighted by molar-refractivity contribution is -0.140. The Balaban J connectivity index is 1.41. The highest BCUT2D eigenvalue weighted by Gasteiger charge is 2.51. The predicted octanol–water partition coefficient (Wildman–Crippen LogP) is 5.55. The molecule has 2 aliphatic carbocycles. The van der Waals surface area contributed by atoms with Gasteiger partial charge in [0.05, 0.1) is 33.8 Å². The van der Waals surface area contributed by atoms with Crippen LogP contribution in [0.15, 0.2) is 30.3 Å². The Bertz CT molecular complexity index is 1360. The zero-order chi connectivity index (χ0) is 25.8. The van der Waals surface area contributed by atoms with E-state index in [4.69, 9.17) is 4.74 Å². The van der Waals surface area contributed by atoms with Crippen LogP contribution >= 0.6 is 11.3 Å². The molecular weight excluding hydrogens is 498 g/mol. The van der Waals surface area contributed by atoms with Gasteiger partial charge < -0.3 is 15.4 Å². The largest absolute Gasteiger partial charge is 0.496 e. The summed E-state index contributed by atoms with van der Waals surface area (Å²) in [7, 11) is 1.47. The number of anilines is 1. The van der Waals surface area contributed by atoms with E-state index in [0.29, 0.717) is 33.7 Å². The lowest BCUT2D eigenvalue weighted by atomic mass is 9.83. The van der Waals surface area contributed by atoms with E-state index in [1.54, 1.807) is 12.1 Å². The maximum Gasteiger partial charge on any atom is 0.419 e. The summed E-state index contributed by atoms with van der Waals surface area (Å²) in [6.45, 7) is 1.84. The molecule has 2 saturated carbocycles. The molecule has 2 aliphatic rings. The minimum atomic E-state index is -4.89. The van der Waals surface area contributed by atoms with E-state index < -0.39 is 41.3 Å². The van der Waals surface area contributed by atoms with Crippen molar-refractivity contribution in [2.45, 2.75) is 38.4 Å². The Morgan fingerprint density at radius 2 is 1.89 bits per heavy atom. The van der Waals surface area contributed by atoms with E-state index in [2.05, 4.69) is 15.6 Å². The first-order valence-electron chi connectivity index (χ1n) is 11.5. The van der Waals surface area contributed by atoms with Gasteiger partial charge in [0, 0.05) is 11.7 Å². The molecule has 0 saturated heterocycles. The lowest BCUT2D eigenvalue weighted by Gasteiger charge is -2.31. The molecule has 36 heavy (non-hydrogen) atoms. The third-order valence-electron chi connectivity index (χ3n) is 7.13. The van der Waals surface area contributed by atoms with Crippen LogP contribution in [0.2, 0.25) is 0 Å². The van der Waals surface area contributed by atoms with Crippen molar-refractivity contribution < 1.29 is 31.9 Å². The lowest BCUT2D eigenvalue weighted by Crippen LogP contribution is -2.48. The normalized spacial score (nSPS) is 23.2. The molecule has 190 valence electrons. The second kappa shape index (κ2) is 9.02. The van der Waals surface area contributed by atoms with E-state index in [9.17, 15) is 27.2 Å². The first-order chi connectivity index (χ1) is 17.1. The van der Waals surface area contributed by atoms with Gasteiger partial charge in [-0.05, 0) is 68.4 Å². The Morgan fingerprint density at radius 3 is 2.61 bits per heavy atom. The molecule has 2 fully saturated rings. The van der Waals surface area contributed by atoms with Crippen LogP contribution in [0.5, 0.6) is 5.75 Å². The van der Waals surface area contributed by atoms with Crippen molar-refractivity contribution >= 4 is 39.1 Å². The summed E-state index contributed by atoms with van der Waals surface area (Å²) in [5.41, 5.74) is -0.579. The van der Waals surface area contributed by atoms with Crippen molar-refractivity contribution in [1.82, 2.24) is 10.3 Å². The standard InChI is InChI=1S/C25H23F4N3O3S/c1-11-30-17-7-8-18(35-2)20(22(17)36-11)24(34)32-21-13-4-3-12(9-13)19(21)23(33)31-14-5-6-16(26)15(10-14)25(27,28)29/h5-8,10,12-13,19,21H,3-4,9H2,1-2H3,(H,31,33)(H,32,34)/t12-,13+,19?,21?/m1/s1. The molecule has 5 rings (SSSR count). The number of benzene rings is 2. The highest BCUT2D eigenvalue weighted by molar-refractivity contribution is 7.19. The molecule has 0 spiro atoms. The van der Waals surface area contributed by atoms with Gasteiger partial charge in [0.1, 0.15) is 17.1 Å². The topological polar surface area (TPSA) is 80.3 Å². The number of hydrogen-bond acceptors (Lipinski definition) is 5. The maximum absolute atomic E-state index is 13.7. The number of alkyl halides is 3. The van der Waals surface area contributed by atoms with Crippen molar-refractivity contribution in [1.29, 1.82) is 0 Å². The Hall–Kier alpha value is -3.21. The molecule has 2 aromatic carbocycles. The van der Waals surface area contributed by atoms with Gasteiger partial charge in [-0.2, -0.15) is 13.2 Å². The van der Waals surface area contributed by atoms with Crippen LogP contribution < -0.4 is 15.4 Å². The van der Waals surface area contributed by atoms with Crippen LogP contribution in [0, 0.1) is 30.5 Å². The molecule has 2 bridgehead atoms. The Labute approximate surface area is 208 Å². The minimum absolute atomic E-state index is 0.00817. The number of rotatable bonds is 5. The van der Waals surface area contributed by atoms with Crippen LogP contribution in [0.3, 0.4) is 0 Å². The molecule has 3 aromatic rings. The second-order valence-corrected chi connectivity index (χ2v) is 10.5. The quantitative estimate of drug-likeness (QED) is 0.431. The molecule has 2 amide bonds. The van der Waals surface area contributed by atoms with Gasteiger partial charge in [-0.25, -0.2) is 9.37 Å². The van der Waals surface area contributed by atoms with E-state index in [0.717, 1.165) is 30.3 Å². The predicted molar refractivity (Wildman–Crippen MR) is 127 cm³/mol. The SMILES string of the molecule is COc1ccc2nc(C)sc2c1C(=O)NC1C(C(=O)Nc2ccc(F)c(C(F)(F)F)c2)[C@@H]2CC[C@H]1C2. The number of nitrogens with one attached hydrogen (secondary N) is 2. The van der Waals surface area contributed by atoms with Crippen LogP contribution in [0.1, 0.15) is 40.2 Å². The van der Waals surface area contributed by atoms with Crippen LogP contribution in [-0.2, 0) is 11.0 Å². The van der Waals surface area contributed by atoms with Crippen molar-refractivity contribution in [2.24, 2.45) is 17.8 Å². The highest BCUT2D eigenvalue weighted by atomic mass is 32.1. The average Bonchev–Trinajstić information content (AvgIpc) is 3.52. The number of nitrogens with zero attached hydrogens (tertiary/aromatic N) is 1. The van der Waals surface area contributed by atoms with Crippen molar-refractivity contribution in [3.8, 4) is 5.75 Å². The number of halogens is 4. The second-order valence-electron chi connectivity index (χ2n) is 9.26. The van der Waals surface area contributed by atoms with Gasteiger partial charge in [0.2, 0.25) is 5.91 Å². The summed E-state index contributed by atoms with van der Waals surface area (Å²) in [5.74, 6) is -2.47. The fraction of sp³-hybridized carbons (Fsp3) is 0.400. The van der Waals surface area contributed by atoms with E-state index in [1.807, 2.05) is 6.92 Å². The van der Waals surface area contributed by atoms with Crippen molar-refractivity contribution in [3.05, 3.63) is 52.3 Å². The van der Waals surface area contributed by atoms with Crippen molar-refractivity contribution in [2.75, 3.05) is 12.4 Å². The summed E-state index contributed by atoms with van der Waals surface area (Å²) < 4.78 is 59.1. The molecule has 11 heteroatoms. The highest BCUT2D eigenvalue weighted by Crippen LogP contribution is 2.49. The average molecular weight is 522 g/mol. The third-order valence-corrected chi connectivity index (χ3v) is 8.13. The number of aryl methyl sites for hydroxylation is 1. The molecule has 1 heterocycles. The van der Waals surface area contributed by atoms with Crippen LogP contribution in [-0.4, -0.2) is 29.9 Å². The van der Waals surface area contributed by atoms with Gasteiger partial charge in [0.15, 0.2) is 0 Å². The Morgan fingerprint density at radius 1 is 1.14 bits per heavy atom. The first-order valence-corrected chi connectivity index (χ1v) is 12.3. The molecule has 0 aliphatic heterocycles. The molecule has 2 unspecified atom stereocenters. The number of ether oxygens (including phenoxy) is 1. The molecule has 6 nitrogen and oxygen atoms in total. The Kier molecular flexibility index (Phi) is 6.14. The summed E-state index contributed by atoms with van der Waals surface area (Å²) in [5, 5.41) is 6.33. The van der Waals surface area contributed by atoms with Gasteiger partial charge in [-0.3, -0.25) is 9.59 Å². The number of aromatic nitrogens is 1. The van der Waals surface area contributed by atoms with Gasteiger partial charge in [-0.1, -0.05) is 0 Å². The molecule has 0 radical (unpaired) electrons. The molecule has 4 atom stereocenters. The minimum Gasteiger partial charge on any atom is -0.496 e. The first kappa shape index (κ1) is 24.5. The third kappa shape index (κ3) is 4.29. The summed E-state index contributed by atoms with van der Waals surface area (Å²) in [6.07, 6.45) is -2.52. The van der Waals surface area contributed by atoms with Gasteiger partial charge in [-0.15, -0.1) is 11.3 Å². The number of amides is 2. The number of thiazole rings is 1. The fourth-order valence-electron chi connectivity index (χ4n) is 5.62. The van der Waals surface area contributed by atoms with Crippen molar-refractivity contribution in [3.63, 3.8) is 0 Å². The van der Waals surface area contributed by atoms with E-state index in [1.165, 1.54) is 18.4 Å². The number of methoxy groups -OCH3 is 1. The summed E-state index contributed by atoms with van der Waals surface area (Å²) in [6, 6.07) is 5.33. The number of carbonyl (C=O) groups is 2. The zero-order valence-corrected chi connectivity index (χ0v) is 20.2. The van der Waals surface area contributed by atoms with Crippen LogP contribution in [0.25, 0.3) is 10.2 Å². The van der Waals surface area contributed by atoms with Crippen LogP contribution in [0.4, 0.5) is 23.2 Å². The van der Waals surface area contributed by atoms with Gasteiger partial charge in [0.25, 0.3) is 5.91 Å². The fourth-order valence-corrected chi connectivity index (χ4v) is 6.57. The van der Waals surface area contributed by atoms with E-state index in [-0.39, 0.29) is 17.5 Å². The number of fused-ring (bicyclic) bond motifs is 3. The molecular formula is C25H23F4N3O3S. The maximum atomic E-state index is 13.7.